The van der Waals surface area contributed by atoms with Crippen LogP contribution >= 0.6 is 0 Å². The highest BCUT2D eigenvalue weighted by atomic mass is 16.4. The van der Waals surface area contributed by atoms with Crippen molar-refractivity contribution in [2.75, 3.05) is 13.6 Å². The van der Waals surface area contributed by atoms with E-state index in [2.05, 4.69) is 13.8 Å². The fraction of sp³-hybridized carbons (Fsp3) is 0.818. The van der Waals surface area contributed by atoms with Crippen LogP contribution in [-0.2, 0) is 9.59 Å². The molecule has 4 nitrogen and oxygen atoms in total. The van der Waals surface area contributed by atoms with Gasteiger partial charge in [-0.05, 0) is 25.2 Å². The van der Waals surface area contributed by atoms with Gasteiger partial charge in [-0.3, -0.25) is 9.59 Å². The molecule has 1 aliphatic rings. The van der Waals surface area contributed by atoms with Crippen molar-refractivity contribution in [2.45, 2.75) is 33.1 Å². The minimum absolute atomic E-state index is 0.00130. The van der Waals surface area contributed by atoms with E-state index in [1.807, 2.05) is 0 Å². The molecule has 0 saturated heterocycles. The van der Waals surface area contributed by atoms with Crippen molar-refractivity contribution in [2.24, 2.45) is 11.3 Å². The lowest BCUT2D eigenvalue weighted by Crippen LogP contribution is -2.38. The Bertz CT molecular complexity index is 269. The third kappa shape index (κ3) is 2.94. The number of aliphatic carboxylic acids is 1. The molecule has 0 heterocycles. The summed E-state index contributed by atoms with van der Waals surface area (Å²) in [5.74, 6) is -0.473. The van der Waals surface area contributed by atoms with Crippen LogP contribution in [0.3, 0.4) is 0 Å². The second kappa shape index (κ2) is 4.21. The van der Waals surface area contributed by atoms with E-state index >= 15 is 0 Å². The van der Waals surface area contributed by atoms with Crippen molar-refractivity contribution in [1.82, 2.24) is 4.90 Å². The number of likely N-dealkylation sites (N-methyl/N-ethyl adjacent to an activating group) is 1. The Hall–Kier alpha value is -1.06. The molecule has 0 atom stereocenters. The SMILES string of the molecule is CC(C)CC1(C(=O)N(C)CC(=O)O)CC1. The first kappa shape index (κ1) is 12.0. The highest BCUT2D eigenvalue weighted by Crippen LogP contribution is 2.51. The summed E-state index contributed by atoms with van der Waals surface area (Å²) in [7, 11) is 1.57. The molecule has 1 rings (SSSR count). The van der Waals surface area contributed by atoms with Gasteiger partial charge in [0.15, 0.2) is 0 Å². The smallest absolute Gasteiger partial charge is 0.323 e. The number of rotatable bonds is 5. The molecular weight excluding hydrogens is 194 g/mol. The van der Waals surface area contributed by atoms with Crippen LogP contribution in [0.5, 0.6) is 0 Å². The van der Waals surface area contributed by atoms with Crippen molar-refractivity contribution in [3.8, 4) is 0 Å². The largest absolute Gasteiger partial charge is 0.480 e. The van der Waals surface area contributed by atoms with Crippen LogP contribution in [0.25, 0.3) is 0 Å². The Morgan fingerprint density at radius 2 is 1.93 bits per heavy atom. The minimum Gasteiger partial charge on any atom is -0.480 e. The van der Waals surface area contributed by atoms with E-state index in [1.54, 1.807) is 7.05 Å². The number of hydrogen-bond acceptors (Lipinski definition) is 2. The van der Waals surface area contributed by atoms with Gasteiger partial charge in [-0.2, -0.15) is 0 Å². The van der Waals surface area contributed by atoms with Gasteiger partial charge in [0.25, 0.3) is 0 Å². The zero-order chi connectivity index (χ0) is 11.6. The topological polar surface area (TPSA) is 57.6 Å². The van der Waals surface area contributed by atoms with E-state index in [0.717, 1.165) is 19.3 Å². The first-order chi connectivity index (χ1) is 6.87. The molecule has 1 N–H and O–H groups in total. The minimum atomic E-state index is -0.953. The normalized spacial score (nSPS) is 17.6. The third-order valence-electron chi connectivity index (χ3n) is 2.83. The van der Waals surface area contributed by atoms with Crippen LogP contribution in [0.15, 0.2) is 0 Å². The summed E-state index contributed by atoms with van der Waals surface area (Å²) < 4.78 is 0. The van der Waals surface area contributed by atoms with Gasteiger partial charge in [-0.1, -0.05) is 13.8 Å². The molecule has 0 aliphatic heterocycles. The second-order valence-corrected chi connectivity index (χ2v) is 4.93. The Morgan fingerprint density at radius 3 is 2.27 bits per heavy atom. The van der Waals surface area contributed by atoms with E-state index in [0.29, 0.717) is 5.92 Å². The lowest BCUT2D eigenvalue weighted by molar-refractivity contribution is -0.146. The predicted octanol–water partition coefficient (Wildman–Crippen LogP) is 1.36. The molecule has 86 valence electrons. The highest BCUT2D eigenvalue weighted by Gasteiger charge is 2.51. The molecule has 1 saturated carbocycles. The fourth-order valence-corrected chi connectivity index (χ4v) is 2.12. The van der Waals surface area contributed by atoms with Crippen LogP contribution < -0.4 is 0 Å². The van der Waals surface area contributed by atoms with E-state index in [9.17, 15) is 9.59 Å². The number of carbonyl (C=O) groups excluding carboxylic acids is 1. The van der Waals surface area contributed by atoms with Crippen LogP contribution in [0.2, 0.25) is 0 Å². The average Bonchev–Trinajstić information content (AvgIpc) is 2.82. The summed E-state index contributed by atoms with van der Waals surface area (Å²) in [6.07, 6.45) is 2.69. The zero-order valence-corrected chi connectivity index (χ0v) is 9.62. The summed E-state index contributed by atoms with van der Waals surface area (Å²) in [6.45, 7) is 3.98. The summed E-state index contributed by atoms with van der Waals surface area (Å²) in [5.41, 5.74) is -0.238. The van der Waals surface area contributed by atoms with Gasteiger partial charge in [0.2, 0.25) is 5.91 Å². The van der Waals surface area contributed by atoms with Crippen molar-refractivity contribution >= 4 is 11.9 Å². The molecule has 0 aromatic heterocycles. The molecule has 0 unspecified atom stereocenters. The number of carbonyl (C=O) groups is 2. The second-order valence-electron chi connectivity index (χ2n) is 4.93. The molecular formula is C11H19NO3. The summed E-state index contributed by atoms with van der Waals surface area (Å²) >= 11 is 0. The Labute approximate surface area is 90.3 Å². The lowest BCUT2D eigenvalue weighted by Gasteiger charge is -2.23. The molecule has 0 spiro atoms. The van der Waals surface area contributed by atoms with Gasteiger partial charge in [-0.15, -0.1) is 0 Å². The number of hydrogen-bond donors (Lipinski definition) is 1. The first-order valence-electron chi connectivity index (χ1n) is 5.35. The highest BCUT2D eigenvalue weighted by molar-refractivity contribution is 5.87. The third-order valence-corrected chi connectivity index (χ3v) is 2.83. The molecule has 1 fully saturated rings. The van der Waals surface area contributed by atoms with Gasteiger partial charge in [0.1, 0.15) is 6.54 Å². The Balaban J connectivity index is 2.56. The number of carboxylic acid groups (broad SMARTS) is 1. The lowest BCUT2D eigenvalue weighted by atomic mass is 9.93. The van der Waals surface area contributed by atoms with Crippen molar-refractivity contribution < 1.29 is 14.7 Å². The van der Waals surface area contributed by atoms with E-state index in [-0.39, 0.29) is 17.9 Å². The zero-order valence-electron chi connectivity index (χ0n) is 9.62. The maximum absolute atomic E-state index is 12.0. The Morgan fingerprint density at radius 1 is 1.40 bits per heavy atom. The van der Waals surface area contributed by atoms with Crippen LogP contribution in [-0.4, -0.2) is 35.5 Å². The van der Waals surface area contributed by atoms with Crippen molar-refractivity contribution in [1.29, 1.82) is 0 Å². The summed E-state index contributed by atoms with van der Waals surface area (Å²) in [6, 6.07) is 0. The monoisotopic (exact) mass is 213 g/mol. The first-order valence-corrected chi connectivity index (χ1v) is 5.35. The van der Waals surface area contributed by atoms with Crippen molar-refractivity contribution in [3.05, 3.63) is 0 Å². The maximum Gasteiger partial charge on any atom is 0.323 e. The van der Waals surface area contributed by atoms with E-state index < -0.39 is 5.97 Å². The van der Waals surface area contributed by atoms with Gasteiger partial charge >= 0.3 is 5.97 Å². The predicted molar refractivity (Wildman–Crippen MR) is 56.4 cm³/mol. The van der Waals surface area contributed by atoms with E-state index in [1.165, 1.54) is 4.90 Å². The maximum atomic E-state index is 12.0. The molecule has 4 heteroatoms. The van der Waals surface area contributed by atoms with Crippen LogP contribution in [0.1, 0.15) is 33.1 Å². The molecule has 1 amide bonds. The number of nitrogens with zero attached hydrogens (tertiary/aromatic N) is 1. The van der Waals surface area contributed by atoms with Gasteiger partial charge in [-0.25, -0.2) is 0 Å². The summed E-state index contributed by atoms with van der Waals surface area (Å²) in [5, 5.41) is 8.61. The van der Waals surface area contributed by atoms with Crippen LogP contribution in [0, 0.1) is 11.3 Å². The molecule has 0 bridgehead atoms. The van der Waals surface area contributed by atoms with Gasteiger partial charge in [0, 0.05) is 12.5 Å². The van der Waals surface area contributed by atoms with Gasteiger partial charge in [0.05, 0.1) is 0 Å². The van der Waals surface area contributed by atoms with Crippen molar-refractivity contribution in [3.63, 3.8) is 0 Å². The number of amides is 1. The van der Waals surface area contributed by atoms with Crippen LogP contribution in [0.4, 0.5) is 0 Å². The molecule has 0 aromatic carbocycles. The standard InChI is InChI=1S/C11H19NO3/c1-8(2)6-11(4-5-11)10(15)12(3)7-9(13)14/h8H,4-7H2,1-3H3,(H,13,14). The Kier molecular flexibility index (Phi) is 3.37. The average molecular weight is 213 g/mol. The molecule has 0 radical (unpaired) electrons. The molecule has 1 aliphatic carbocycles. The summed E-state index contributed by atoms with van der Waals surface area (Å²) in [4.78, 5) is 23.8. The van der Waals surface area contributed by atoms with E-state index in [4.69, 9.17) is 5.11 Å². The fourth-order valence-electron chi connectivity index (χ4n) is 2.12. The molecule has 15 heavy (non-hydrogen) atoms. The molecule has 0 aromatic rings. The van der Waals surface area contributed by atoms with Gasteiger partial charge < -0.3 is 10.0 Å². The number of carboxylic acids is 1. The quantitative estimate of drug-likeness (QED) is 0.750.